The second-order valence-electron chi connectivity index (χ2n) is 6.86. The molecule has 34 heavy (non-hydrogen) atoms. The molecule has 0 bridgehead atoms. The van der Waals surface area contributed by atoms with E-state index in [1.54, 1.807) is 0 Å². The lowest BCUT2D eigenvalue weighted by atomic mass is 10.1. The van der Waals surface area contributed by atoms with Crippen LogP contribution < -0.4 is 20.1 Å². The molecule has 0 saturated heterocycles. The number of carbonyl (C=O) groups excluding carboxylic acids is 2. The molecule has 0 radical (unpaired) electrons. The van der Waals surface area contributed by atoms with Crippen molar-refractivity contribution in [3.8, 4) is 11.5 Å². The van der Waals surface area contributed by atoms with Gasteiger partial charge in [0.15, 0.2) is 0 Å². The number of halogens is 6. The van der Waals surface area contributed by atoms with Crippen LogP contribution in [0.3, 0.4) is 0 Å². The molecule has 0 aliphatic heterocycles. The molecule has 0 atom stereocenters. The first-order valence-electron chi connectivity index (χ1n) is 9.67. The highest BCUT2D eigenvalue weighted by Crippen LogP contribution is 2.24. The Labute approximate surface area is 189 Å². The van der Waals surface area contributed by atoms with Crippen LogP contribution in [0.4, 0.5) is 26.3 Å². The van der Waals surface area contributed by atoms with Gasteiger partial charge in [0.25, 0.3) is 0 Å². The van der Waals surface area contributed by atoms with Crippen LogP contribution in [0.5, 0.6) is 11.5 Å². The first kappa shape index (κ1) is 26.5. The van der Waals surface area contributed by atoms with E-state index in [9.17, 15) is 35.9 Å². The van der Waals surface area contributed by atoms with E-state index in [0.717, 1.165) is 24.3 Å². The quantitative estimate of drug-likeness (QED) is 0.293. The number of guanidine groups is 1. The van der Waals surface area contributed by atoms with Crippen molar-refractivity contribution in [2.45, 2.75) is 38.4 Å². The van der Waals surface area contributed by atoms with E-state index in [1.807, 2.05) is 0 Å². The summed E-state index contributed by atoms with van der Waals surface area (Å²) in [4.78, 5) is 23.9. The fraction of sp³-hybridized carbons (Fsp3) is 0.286. The standard InChI is InChI=1S/C21H19F6N3O4/c22-20(23,24)33-15-5-1-3-13(11-15)7-9-17(31)29-19(28)30-18(32)10-8-14-4-2-6-16(12-14)34-21(25,26)27/h1-6,11-12H,7-10H2,(H3,28,29,30,31,32). The second-order valence-corrected chi connectivity index (χ2v) is 6.86. The number of alkyl halides is 6. The monoisotopic (exact) mass is 491 g/mol. The maximum absolute atomic E-state index is 12.3. The van der Waals surface area contributed by atoms with Crippen LogP contribution in [0.25, 0.3) is 0 Å². The molecule has 0 fully saturated rings. The molecular weight excluding hydrogens is 472 g/mol. The SMILES string of the molecule is N=C(NC(=O)CCc1cccc(OC(F)(F)F)c1)NC(=O)CCc1cccc(OC(F)(F)F)c1. The molecule has 3 N–H and O–H groups in total. The lowest BCUT2D eigenvalue weighted by molar-refractivity contribution is -0.275. The topological polar surface area (TPSA) is 101 Å². The number of hydrogen-bond acceptors (Lipinski definition) is 5. The van der Waals surface area contributed by atoms with Gasteiger partial charge in [-0.15, -0.1) is 26.3 Å². The molecule has 184 valence electrons. The highest BCUT2D eigenvalue weighted by Gasteiger charge is 2.31. The minimum atomic E-state index is -4.84. The molecule has 7 nitrogen and oxygen atoms in total. The second kappa shape index (κ2) is 11.4. The van der Waals surface area contributed by atoms with Gasteiger partial charge < -0.3 is 9.47 Å². The molecular formula is C21H19F6N3O4. The maximum Gasteiger partial charge on any atom is 0.573 e. The Morgan fingerprint density at radius 2 is 1.12 bits per heavy atom. The Kier molecular flexibility index (Phi) is 8.87. The maximum atomic E-state index is 12.3. The zero-order valence-electron chi connectivity index (χ0n) is 17.3. The summed E-state index contributed by atoms with van der Waals surface area (Å²) in [7, 11) is 0. The summed E-state index contributed by atoms with van der Waals surface area (Å²) in [5.74, 6) is -2.80. The van der Waals surface area contributed by atoms with Gasteiger partial charge in [-0.05, 0) is 48.2 Å². The number of rotatable bonds is 8. The van der Waals surface area contributed by atoms with Crippen LogP contribution in [0, 0.1) is 5.41 Å². The van der Waals surface area contributed by atoms with Crippen LogP contribution in [0.2, 0.25) is 0 Å². The van der Waals surface area contributed by atoms with E-state index < -0.39 is 42.0 Å². The number of hydrogen-bond donors (Lipinski definition) is 3. The number of amides is 2. The highest BCUT2D eigenvalue weighted by molar-refractivity contribution is 6.03. The van der Waals surface area contributed by atoms with E-state index in [0.29, 0.717) is 11.1 Å². The fourth-order valence-corrected chi connectivity index (χ4v) is 2.75. The molecule has 0 aliphatic carbocycles. The van der Waals surface area contributed by atoms with Gasteiger partial charge in [0.2, 0.25) is 17.8 Å². The predicted octanol–water partition coefficient (Wildman–Crippen LogP) is 4.22. The summed E-state index contributed by atoms with van der Waals surface area (Å²) in [6.07, 6.45) is -9.94. The molecule has 13 heteroatoms. The molecule has 2 amide bonds. The van der Waals surface area contributed by atoms with Crippen molar-refractivity contribution in [1.82, 2.24) is 10.6 Å². The number of carbonyl (C=O) groups is 2. The third kappa shape index (κ3) is 10.7. The number of ether oxygens (including phenoxy) is 2. The summed E-state index contributed by atoms with van der Waals surface area (Å²) >= 11 is 0. The zero-order chi connectivity index (χ0) is 25.4. The smallest absolute Gasteiger partial charge is 0.406 e. The average molecular weight is 491 g/mol. The van der Waals surface area contributed by atoms with E-state index >= 15 is 0 Å². The Morgan fingerprint density at radius 1 is 0.735 bits per heavy atom. The van der Waals surface area contributed by atoms with Crippen molar-refractivity contribution < 1.29 is 45.4 Å². The average Bonchev–Trinajstić information content (AvgIpc) is 2.69. The van der Waals surface area contributed by atoms with Crippen LogP contribution in [-0.4, -0.2) is 30.5 Å². The molecule has 0 unspecified atom stereocenters. The largest absolute Gasteiger partial charge is 0.573 e. The minimum Gasteiger partial charge on any atom is -0.406 e. The number of aryl methyl sites for hydroxylation is 2. The van der Waals surface area contributed by atoms with E-state index in [2.05, 4.69) is 20.1 Å². The molecule has 0 heterocycles. The van der Waals surface area contributed by atoms with Gasteiger partial charge in [0.05, 0.1) is 0 Å². The minimum absolute atomic E-state index is 0.0540. The zero-order valence-corrected chi connectivity index (χ0v) is 17.3. The van der Waals surface area contributed by atoms with E-state index in [4.69, 9.17) is 5.41 Å². The van der Waals surface area contributed by atoms with Gasteiger partial charge in [0.1, 0.15) is 11.5 Å². The predicted molar refractivity (Wildman–Crippen MR) is 107 cm³/mol. The van der Waals surface area contributed by atoms with Crippen LogP contribution in [0.15, 0.2) is 48.5 Å². The van der Waals surface area contributed by atoms with Crippen molar-refractivity contribution in [3.63, 3.8) is 0 Å². The highest BCUT2D eigenvalue weighted by atomic mass is 19.4. The van der Waals surface area contributed by atoms with Gasteiger partial charge >= 0.3 is 12.7 Å². The van der Waals surface area contributed by atoms with Gasteiger partial charge in [-0.2, -0.15) is 0 Å². The molecule has 0 spiro atoms. The first-order chi connectivity index (χ1) is 15.8. The van der Waals surface area contributed by atoms with Crippen molar-refractivity contribution in [2.24, 2.45) is 0 Å². The first-order valence-corrected chi connectivity index (χ1v) is 9.67. The van der Waals surface area contributed by atoms with Crippen molar-refractivity contribution >= 4 is 17.8 Å². The van der Waals surface area contributed by atoms with Crippen molar-refractivity contribution in [1.29, 1.82) is 5.41 Å². The van der Waals surface area contributed by atoms with E-state index in [-0.39, 0.29) is 25.7 Å². The Balaban J connectivity index is 1.75. The van der Waals surface area contributed by atoms with Crippen molar-refractivity contribution in [2.75, 3.05) is 0 Å². The summed E-state index contributed by atoms with van der Waals surface area (Å²) < 4.78 is 81.2. The van der Waals surface area contributed by atoms with Crippen LogP contribution >= 0.6 is 0 Å². The van der Waals surface area contributed by atoms with Gasteiger partial charge in [0, 0.05) is 12.8 Å². The molecule has 0 aliphatic rings. The molecule has 0 saturated carbocycles. The summed E-state index contributed by atoms with van der Waals surface area (Å²) in [6, 6.07) is 10.1. The third-order valence-corrected chi connectivity index (χ3v) is 4.07. The lowest BCUT2D eigenvalue weighted by Crippen LogP contribution is -2.43. The fourth-order valence-electron chi connectivity index (χ4n) is 2.75. The third-order valence-electron chi connectivity index (χ3n) is 4.07. The Bertz CT molecular complexity index is 945. The molecule has 2 aromatic carbocycles. The molecule has 0 aromatic heterocycles. The van der Waals surface area contributed by atoms with E-state index in [1.165, 1.54) is 24.3 Å². The van der Waals surface area contributed by atoms with Crippen molar-refractivity contribution in [3.05, 3.63) is 59.7 Å². The van der Waals surface area contributed by atoms with Crippen LogP contribution in [-0.2, 0) is 22.4 Å². The van der Waals surface area contributed by atoms with Gasteiger partial charge in [-0.25, -0.2) is 0 Å². The molecule has 2 aromatic rings. The summed E-state index contributed by atoms with van der Waals surface area (Å²) in [5.41, 5.74) is 0.786. The Morgan fingerprint density at radius 3 is 1.47 bits per heavy atom. The van der Waals surface area contributed by atoms with Crippen LogP contribution in [0.1, 0.15) is 24.0 Å². The van der Waals surface area contributed by atoms with Gasteiger partial charge in [-0.3, -0.25) is 25.6 Å². The Hall–Kier alpha value is -3.77. The normalized spacial score (nSPS) is 11.5. The number of nitrogens with one attached hydrogen (secondary N) is 3. The van der Waals surface area contributed by atoms with Gasteiger partial charge in [-0.1, -0.05) is 24.3 Å². The number of benzene rings is 2. The summed E-state index contributed by atoms with van der Waals surface area (Å²) in [6.45, 7) is 0. The molecule has 2 rings (SSSR count). The summed E-state index contributed by atoms with van der Waals surface area (Å²) in [5, 5.41) is 11.9. The lowest BCUT2D eigenvalue weighted by Gasteiger charge is -2.11.